The Balaban J connectivity index is 1.49. The summed E-state index contributed by atoms with van der Waals surface area (Å²) in [6.45, 7) is 0.386. The van der Waals surface area contributed by atoms with Crippen LogP contribution in [0.2, 0.25) is 5.02 Å². The van der Waals surface area contributed by atoms with Gasteiger partial charge in [-0.25, -0.2) is 9.37 Å². The van der Waals surface area contributed by atoms with Crippen LogP contribution in [0.15, 0.2) is 58.3 Å². The Morgan fingerprint density at radius 2 is 1.88 bits per heavy atom. The predicted octanol–water partition coefficient (Wildman–Crippen LogP) is 5.09. The largest absolute Gasteiger partial charge is 0.352 e. The number of thiazole rings is 1. The summed E-state index contributed by atoms with van der Waals surface area (Å²) in [4.78, 5) is 16.5. The molecule has 0 aliphatic heterocycles. The van der Waals surface area contributed by atoms with Crippen molar-refractivity contribution >= 4 is 40.6 Å². The van der Waals surface area contributed by atoms with Gasteiger partial charge in [0, 0.05) is 22.7 Å². The molecule has 0 bridgehead atoms. The second-order valence-corrected chi connectivity index (χ2v) is 8.02. The van der Waals surface area contributed by atoms with Crippen molar-refractivity contribution in [2.45, 2.75) is 23.1 Å². The smallest absolute Gasteiger partial charge is 0.226 e. The lowest BCUT2D eigenvalue weighted by molar-refractivity contribution is -0.120. The molecule has 0 saturated heterocycles. The standard InChI is InChI=1S/C19H16ClFN2OS2/c20-16-7-3-1-5-13(16)10-22-18(24)9-15-12-26-19(23-15)25-11-14-6-2-4-8-17(14)21/h1-8,12H,9-11H2,(H,22,24). The fraction of sp³-hybridized carbons (Fsp3) is 0.158. The van der Waals surface area contributed by atoms with Crippen LogP contribution in [0.1, 0.15) is 16.8 Å². The van der Waals surface area contributed by atoms with Crippen molar-refractivity contribution in [2.75, 3.05) is 0 Å². The molecule has 26 heavy (non-hydrogen) atoms. The number of amides is 1. The minimum absolute atomic E-state index is 0.110. The lowest BCUT2D eigenvalue weighted by Crippen LogP contribution is -2.24. The fourth-order valence-electron chi connectivity index (χ4n) is 2.25. The van der Waals surface area contributed by atoms with Gasteiger partial charge in [0.25, 0.3) is 0 Å². The van der Waals surface area contributed by atoms with Crippen molar-refractivity contribution in [3.05, 3.63) is 81.6 Å². The van der Waals surface area contributed by atoms with E-state index in [1.807, 2.05) is 29.6 Å². The first kappa shape index (κ1) is 18.9. The molecule has 3 rings (SSSR count). The third-order valence-corrected chi connectivity index (χ3v) is 6.10. The van der Waals surface area contributed by atoms with Gasteiger partial charge in [-0.3, -0.25) is 4.79 Å². The molecule has 0 fully saturated rings. The van der Waals surface area contributed by atoms with Crippen LogP contribution in [-0.4, -0.2) is 10.9 Å². The van der Waals surface area contributed by atoms with E-state index in [2.05, 4.69) is 10.3 Å². The van der Waals surface area contributed by atoms with E-state index in [1.165, 1.54) is 29.2 Å². The molecule has 7 heteroatoms. The monoisotopic (exact) mass is 406 g/mol. The summed E-state index contributed by atoms with van der Waals surface area (Å²) in [6, 6.07) is 14.1. The molecule has 0 spiro atoms. The lowest BCUT2D eigenvalue weighted by atomic mass is 10.2. The van der Waals surface area contributed by atoms with Crippen LogP contribution in [-0.2, 0) is 23.5 Å². The fourth-order valence-corrected chi connectivity index (χ4v) is 4.29. The number of carbonyl (C=O) groups excluding carboxylic acids is 1. The van der Waals surface area contributed by atoms with Crippen molar-refractivity contribution in [2.24, 2.45) is 0 Å². The summed E-state index contributed by atoms with van der Waals surface area (Å²) in [5.74, 6) is 0.190. The van der Waals surface area contributed by atoms with Crippen LogP contribution in [0.4, 0.5) is 4.39 Å². The van der Waals surface area contributed by atoms with Crippen molar-refractivity contribution in [1.82, 2.24) is 10.3 Å². The molecule has 0 atom stereocenters. The number of hydrogen-bond donors (Lipinski definition) is 1. The molecule has 0 aliphatic rings. The number of nitrogens with zero attached hydrogens (tertiary/aromatic N) is 1. The molecular formula is C19H16ClFN2OS2. The number of nitrogens with one attached hydrogen (secondary N) is 1. The van der Waals surface area contributed by atoms with Gasteiger partial charge in [-0.05, 0) is 23.3 Å². The first-order valence-electron chi connectivity index (χ1n) is 7.92. The molecule has 2 aromatic carbocycles. The van der Waals surface area contributed by atoms with E-state index in [0.29, 0.717) is 28.6 Å². The first-order chi connectivity index (χ1) is 12.6. The van der Waals surface area contributed by atoms with Gasteiger partial charge in [0.1, 0.15) is 10.2 Å². The highest BCUT2D eigenvalue weighted by Gasteiger charge is 2.10. The Kier molecular flexibility index (Phi) is 6.66. The van der Waals surface area contributed by atoms with Crippen LogP contribution in [0.5, 0.6) is 0 Å². The number of thioether (sulfide) groups is 1. The van der Waals surface area contributed by atoms with Crippen LogP contribution >= 0.6 is 34.7 Å². The quantitative estimate of drug-likeness (QED) is 0.556. The molecule has 0 radical (unpaired) electrons. The molecule has 3 aromatic rings. The zero-order valence-corrected chi connectivity index (χ0v) is 16.1. The van der Waals surface area contributed by atoms with Gasteiger partial charge in [-0.15, -0.1) is 11.3 Å². The van der Waals surface area contributed by atoms with Crippen molar-refractivity contribution in [1.29, 1.82) is 0 Å². The highest BCUT2D eigenvalue weighted by Crippen LogP contribution is 2.27. The average molecular weight is 407 g/mol. The van der Waals surface area contributed by atoms with E-state index >= 15 is 0 Å². The average Bonchev–Trinajstić information content (AvgIpc) is 3.08. The van der Waals surface area contributed by atoms with E-state index < -0.39 is 0 Å². The van der Waals surface area contributed by atoms with Crippen LogP contribution in [0, 0.1) is 5.82 Å². The van der Waals surface area contributed by atoms with Gasteiger partial charge in [-0.2, -0.15) is 0 Å². The zero-order valence-electron chi connectivity index (χ0n) is 13.7. The Morgan fingerprint density at radius 1 is 1.15 bits per heavy atom. The van der Waals surface area contributed by atoms with Crippen LogP contribution in [0.3, 0.4) is 0 Å². The SMILES string of the molecule is O=C(Cc1csc(SCc2ccccc2F)n1)NCc1ccccc1Cl. The second kappa shape index (κ2) is 9.16. The number of rotatable bonds is 7. The molecule has 3 nitrogen and oxygen atoms in total. The third-order valence-electron chi connectivity index (χ3n) is 3.62. The number of aromatic nitrogens is 1. The van der Waals surface area contributed by atoms with E-state index in [1.54, 1.807) is 18.2 Å². The molecule has 1 N–H and O–H groups in total. The number of carbonyl (C=O) groups is 1. The van der Waals surface area contributed by atoms with E-state index in [4.69, 9.17) is 11.6 Å². The molecule has 0 aliphatic carbocycles. The molecule has 1 aromatic heterocycles. The van der Waals surface area contributed by atoms with Gasteiger partial charge >= 0.3 is 0 Å². The first-order valence-corrected chi connectivity index (χ1v) is 10.2. The molecular weight excluding hydrogens is 391 g/mol. The van der Waals surface area contributed by atoms with Crippen molar-refractivity contribution in [3.63, 3.8) is 0 Å². The second-order valence-electron chi connectivity index (χ2n) is 5.53. The van der Waals surface area contributed by atoms with Gasteiger partial charge in [0.2, 0.25) is 5.91 Å². The van der Waals surface area contributed by atoms with Crippen LogP contribution in [0.25, 0.3) is 0 Å². The third kappa shape index (κ3) is 5.30. The maximum atomic E-state index is 13.6. The number of benzene rings is 2. The summed E-state index contributed by atoms with van der Waals surface area (Å²) in [5.41, 5.74) is 2.23. The van der Waals surface area contributed by atoms with Gasteiger partial charge in [-0.1, -0.05) is 59.8 Å². The maximum Gasteiger partial charge on any atom is 0.226 e. The zero-order chi connectivity index (χ0) is 18.4. The van der Waals surface area contributed by atoms with Crippen molar-refractivity contribution in [3.8, 4) is 0 Å². The van der Waals surface area contributed by atoms with E-state index in [0.717, 1.165) is 9.90 Å². The Labute approximate surface area is 164 Å². The minimum Gasteiger partial charge on any atom is -0.352 e. The highest BCUT2D eigenvalue weighted by atomic mass is 35.5. The summed E-state index contributed by atoms with van der Waals surface area (Å²) in [6.07, 6.45) is 0.210. The molecule has 0 unspecified atom stereocenters. The van der Waals surface area contributed by atoms with E-state index in [-0.39, 0.29) is 18.1 Å². The van der Waals surface area contributed by atoms with Gasteiger partial charge < -0.3 is 5.32 Å². The summed E-state index contributed by atoms with van der Waals surface area (Å²) in [7, 11) is 0. The Morgan fingerprint density at radius 3 is 2.65 bits per heavy atom. The van der Waals surface area contributed by atoms with E-state index in [9.17, 15) is 9.18 Å². The van der Waals surface area contributed by atoms with Crippen molar-refractivity contribution < 1.29 is 9.18 Å². The Bertz CT molecular complexity index is 901. The molecule has 0 saturated carbocycles. The van der Waals surface area contributed by atoms with Gasteiger partial charge in [0.05, 0.1) is 12.1 Å². The Hall–Kier alpha value is -1.89. The molecule has 134 valence electrons. The highest BCUT2D eigenvalue weighted by molar-refractivity contribution is 8.00. The lowest BCUT2D eigenvalue weighted by Gasteiger charge is -2.06. The summed E-state index contributed by atoms with van der Waals surface area (Å²) in [5, 5.41) is 5.34. The normalized spacial score (nSPS) is 10.7. The predicted molar refractivity (Wildman–Crippen MR) is 105 cm³/mol. The maximum absolute atomic E-state index is 13.6. The summed E-state index contributed by atoms with van der Waals surface area (Å²) >= 11 is 9.00. The molecule has 1 heterocycles. The summed E-state index contributed by atoms with van der Waals surface area (Å²) < 4.78 is 14.5. The van der Waals surface area contributed by atoms with Gasteiger partial charge in [0.15, 0.2) is 0 Å². The number of halogens is 2. The minimum atomic E-state index is -0.212. The topological polar surface area (TPSA) is 42.0 Å². The van der Waals surface area contributed by atoms with Crippen LogP contribution < -0.4 is 5.32 Å². The molecule has 1 amide bonds. The number of hydrogen-bond acceptors (Lipinski definition) is 4.